The van der Waals surface area contributed by atoms with Gasteiger partial charge in [0.2, 0.25) is 0 Å². The molecule has 0 unspecified atom stereocenters. The Kier molecular flexibility index (Phi) is 5.77. The highest BCUT2D eigenvalue weighted by Gasteiger charge is 2.25. The van der Waals surface area contributed by atoms with Crippen LogP contribution in [0.2, 0.25) is 0 Å². The number of hydrogen-bond acceptors (Lipinski definition) is 4. The summed E-state index contributed by atoms with van der Waals surface area (Å²) in [5.41, 5.74) is 0.733. The zero-order chi connectivity index (χ0) is 18.6. The van der Waals surface area contributed by atoms with Crippen molar-refractivity contribution in [3.63, 3.8) is 0 Å². The SMILES string of the molecule is CCN(C(=O)OC(C)(C)C)[C@@H](C)Cn1ccc(-c2ccc(F)cn2)n1. The molecule has 136 valence electrons. The first-order valence-corrected chi connectivity index (χ1v) is 8.34. The van der Waals surface area contributed by atoms with Gasteiger partial charge in [-0.15, -0.1) is 0 Å². The molecule has 0 aliphatic heterocycles. The lowest BCUT2D eigenvalue weighted by molar-refractivity contribution is 0.0171. The molecular formula is C18H25FN4O2. The van der Waals surface area contributed by atoms with Crippen LogP contribution in [0.4, 0.5) is 9.18 Å². The van der Waals surface area contributed by atoms with Crippen LogP contribution in [0.25, 0.3) is 11.4 Å². The van der Waals surface area contributed by atoms with Gasteiger partial charge in [-0.2, -0.15) is 5.10 Å². The van der Waals surface area contributed by atoms with Crippen molar-refractivity contribution >= 4 is 6.09 Å². The molecule has 0 N–H and O–H groups in total. The van der Waals surface area contributed by atoms with Gasteiger partial charge >= 0.3 is 6.09 Å². The van der Waals surface area contributed by atoms with E-state index in [0.29, 0.717) is 24.5 Å². The van der Waals surface area contributed by atoms with Gasteiger partial charge in [0, 0.05) is 12.7 Å². The van der Waals surface area contributed by atoms with Crippen molar-refractivity contribution in [2.24, 2.45) is 0 Å². The fourth-order valence-corrected chi connectivity index (χ4v) is 2.44. The zero-order valence-corrected chi connectivity index (χ0v) is 15.4. The third-order valence-electron chi connectivity index (χ3n) is 3.58. The van der Waals surface area contributed by atoms with Gasteiger partial charge in [0.25, 0.3) is 0 Å². The van der Waals surface area contributed by atoms with E-state index in [2.05, 4.69) is 10.1 Å². The number of aromatic nitrogens is 3. The number of halogens is 1. The predicted octanol–water partition coefficient (Wildman–Crippen LogP) is 3.73. The third-order valence-corrected chi connectivity index (χ3v) is 3.58. The Labute approximate surface area is 147 Å². The maximum atomic E-state index is 13.0. The number of pyridine rings is 1. The van der Waals surface area contributed by atoms with E-state index >= 15 is 0 Å². The van der Waals surface area contributed by atoms with Crippen molar-refractivity contribution in [1.29, 1.82) is 0 Å². The van der Waals surface area contributed by atoms with E-state index in [9.17, 15) is 9.18 Å². The second-order valence-electron chi connectivity index (χ2n) is 6.90. The van der Waals surface area contributed by atoms with Gasteiger partial charge in [0.15, 0.2) is 0 Å². The summed E-state index contributed by atoms with van der Waals surface area (Å²) in [6.45, 7) is 10.5. The fourth-order valence-electron chi connectivity index (χ4n) is 2.44. The van der Waals surface area contributed by atoms with Gasteiger partial charge < -0.3 is 9.64 Å². The molecule has 0 saturated carbocycles. The number of hydrogen-bond donors (Lipinski definition) is 0. The van der Waals surface area contributed by atoms with Gasteiger partial charge in [-0.1, -0.05) is 0 Å². The average Bonchev–Trinajstić information content (AvgIpc) is 2.95. The van der Waals surface area contributed by atoms with Crippen molar-refractivity contribution < 1.29 is 13.9 Å². The highest BCUT2D eigenvalue weighted by Crippen LogP contribution is 2.16. The second-order valence-corrected chi connectivity index (χ2v) is 6.90. The van der Waals surface area contributed by atoms with Gasteiger partial charge in [-0.3, -0.25) is 9.67 Å². The highest BCUT2D eigenvalue weighted by atomic mass is 19.1. The van der Waals surface area contributed by atoms with Gasteiger partial charge in [-0.05, 0) is 52.8 Å². The molecule has 7 heteroatoms. The normalized spacial score (nSPS) is 12.7. The molecule has 0 aliphatic rings. The van der Waals surface area contributed by atoms with Crippen LogP contribution >= 0.6 is 0 Å². The Morgan fingerprint density at radius 2 is 2.04 bits per heavy atom. The van der Waals surface area contributed by atoms with E-state index in [0.717, 1.165) is 6.20 Å². The molecule has 0 aliphatic carbocycles. The molecule has 2 rings (SSSR count). The first-order chi connectivity index (χ1) is 11.7. The Morgan fingerprint density at radius 3 is 2.60 bits per heavy atom. The number of carbonyl (C=O) groups excluding carboxylic acids is 1. The zero-order valence-electron chi connectivity index (χ0n) is 15.4. The van der Waals surface area contributed by atoms with Crippen molar-refractivity contribution in [3.8, 4) is 11.4 Å². The second kappa shape index (κ2) is 7.63. The largest absolute Gasteiger partial charge is 0.444 e. The predicted molar refractivity (Wildman–Crippen MR) is 93.5 cm³/mol. The monoisotopic (exact) mass is 348 g/mol. The maximum absolute atomic E-state index is 13.0. The minimum Gasteiger partial charge on any atom is -0.444 e. The Hall–Kier alpha value is -2.44. The van der Waals surface area contributed by atoms with E-state index in [1.165, 1.54) is 6.07 Å². The smallest absolute Gasteiger partial charge is 0.410 e. The summed E-state index contributed by atoms with van der Waals surface area (Å²) in [4.78, 5) is 18.0. The average molecular weight is 348 g/mol. The number of amides is 1. The van der Waals surface area contributed by atoms with Crippen LogP contribution in [-0.2, 0) is 11.3 Å². The Morgan fingerprint density at radius 1 is 1.32 bits per heavy atom. The van der Waals surface area contributed by atoms with Crippen LogP contribution in [0, 0.1) is 5.82 Å². The molecule has 0 spiro atoms. The molecule has 2 aromatic rings. The Bertz CT molecular complexity index is 707. The summed E-state index contributed by atoms with van der Waals surface area (Å²) < 4.78 is 20.2. The lowest BCUT2D eigenvalue weighted by Crippen LogP contribution is -2.43. The van der Waals surface area contributed by atoms with Gasteiger partial charge in [0.05, 0.1) is 24.5 Å². The molecular weight excluding hydrogens is 323 g/mol. The van der Waals surface area contributed by atoms with E-state index in [-0.39, 0.29) is 18.0 Å². The summed E-state index contributed by atoms with van der Waals surface area (Å²) in [6, 6.07) is 4.67. The number of carbonyl (C=O) groups is 1. The molecule has 0 fully saturated rings. The third kappa shape index (κ3) is 5.27. The van der Waals surface area contributed by atoms with Crippen molar-refractivity contribution in [2.45, 2.75) is 52.8 Å². The van der Waals surface area contributed by atoms with Crippen molar-refractivity contribution in [3.05, 3.63) is 36.4 Å². The van der Waals surface area contributed by atoms with Crippen LogP contribution in [0.5, 0.6) is 0 Å². The van der Waals surface area contributed by atoms with Gasteiger partial charge in [-0.25, -0.2) is 9.18 Å². The molecule has 2 aromatic heterocycles. The van der Waals surface area contributed by atoms with E-state index in [4.69, 9.17) is 4.74 Å². The van der Waals surface area contributed by atoms with E-state index in [1.807, 2.05) is 46.9 Å². The first-order valence-electron chi connectivity index (χ1n) is 8.34. The molecule has 1 amide bonds. The number of rotatable bonds is 5. The van der Waals surface area contributed by atoms with Crippen LogP contribution in [0.3, 0.4) is 0 Å². The van der Waals surface area contributed by atoms with Crippen LogP contribution in [-0.4, -0.2) is 43.9 Å². The quantitative estimate of drug-likeness (QED) is 0.826. The number of nitrogens with zero attached hydrogens (tertiary/aromatic N) is 4. The van der Waals surface area contributed by atoms with Gasteiger partial charge in [0.1, 0.15) is 17.1 Å². The molecule has 0 aromatic carbocycles. The molecule has 1 atom stereocenters. The summed E-state index contributed by atoms with van der Waals surface area (Å²) >= 11 is 0. The minimum atomic E-state index is -0.530. The van der Waals surface area contributed by atoms with Crippen molar-refractivity contribution in [1.82, 2.24) is 19.7 Å². The summed E-state index contributed by atoms with van der Waals surface area (Å²) in [7, 11) is 0. The topological polar surface area (TPSA) is 60.2 Å². The summed E-state index contributed by atoms with van der Waals surface area (Å²) in [5, 5.41) is 4.45. The summed E-state index contributed by atoms with van der Waals surface area (Å²) in [6.07, 6.45) is 2.65. The molecule has 2 heterocycles. The Balaban J connectivity index is 2.05. The van der Waals surface area contributed by atoms with Crippen LogP contribution in [0.1, 0.15) is 34.6 Å². The minimum absolute atomic E-state index is 0.0891. The molecule has 25 heavy (non-hydrogen) atoms. The highest BCUT2D eigenvalue weighted by molar-refractivity contribution is 5.68. The lowest BCUT2D eigenvalue weighted by atomic mass is 10.2. The summed E-state index contributed by atoms with van der Waals surface area (Å²) in [5.74, 6) is -0.382. The molecule has 0 radical (unpaired) electrons. The standard InChI is InChI=1S/C18H25FN4O2/c1-6-23(17(24)25-18(3,4)5)13(2)12-22-10-9-16(21-22)15-8-7-14(19)11-20-15/h7-11,13H,6,12H2,1-5H3/t13-/m0/s1. The van der Waals surface area contributed by atoms with Crippen molar-refractivity contribution in [2.75, 3.05) is 6.54 Å². The molecule has 6 nitrogen and oxygen atoms in total. The lowest BCUT2D eigenvalue weighted by Gasteiger charge is -2.30. The van der Waals surface area contributed by atoms with E-state index < -0.39 is 5.60 Å². The van der Waals surface area contributed by atoms with Crippen LogP contribution in [0.15, 0.2) is 30.6 Å². The van der Waals surface area contributed by atoms with E-state index in [1.54, 1.807) is 15.6 Å². The number of ether oxygens (including phenoxy) is 1. The fraction of sp³-hybridized carbons (Fsp3) is 0.500. The molecule has 0 saturated heterocycles. The maximum Gasteiger partial charge on any atom is 0.410 e. The molecule has 0 bridgehead atoms. The number of likely N-dealkylation sites (N-methyl/N-ethyl adjacent to an activating group) is 1. The van der Waals surface area contributed by atoms with Crippen LogP contribution < -0.4 is 0 Å². The first kappa shape index (κ1) is 18.9.